The minimum atomic E-state index is -0.646. The Labute approximate surface area is 166 Å². The lowest BCUT2D eigenvalue weighted by molar-refractivity contribution is 0.0663. The summed E-state index contributed by atoms with van der Waals surface area (Å²) in [6.07, 6.45) is 0. The minimum absolute atomic E-state index is 0.0101. The molecule has 1 amide bonds. The second kappa shape index (κ2) is 7.67. The molecule has 3 aromatic rings. The zero-order valence-corrected chi connectivity index (χ0v) is 16.1. The van der Waals surface area contributed by atoms with E-state index in [0.29, 0.717) is 19.0 Å². The maximum atomic E-state index is 13.7. The fraction of sp³-hybridized carbons (Fsp3) is 0.273. The molecule has 1 aromatic heterocycles. The maximum absolute atomic E-state index is 13.7. The number of carbonyl (C=O) groups excluding carboxylic acids is 1. The lowest BCUT2D eigenvalue weighted by Crippen LogP contribution is -2.32. The Hall–Kier alpha value is -3.19. The molecule has 2 heterocycles. The summed E-state index contributed by atoms with van der Waals surface area (Å²) in [5.74, 6) is -0.247. The van der Waals surface area contributed by atoms with Crippen LogP contribution >= 0.6 is 0 Å². The number of hydrogen-bond donors (Lipinski definition) is 0. The first kappa shape index (κ1) is 19.1. The molecule has 1 atom stereocenters. The quantitative estimate of drug-likeness (QED) is 0.637. The lowest BCUT2D eigenvalue weighted by atomic mass is 9.98. The molecule has 1 aliphatic heterocycles. The number of rotatable bonds is 6. The van der Waals surface area contributed by atoms with Crippen molar-refractivity contribution in [3.8, 4) is 5.75 Å². The van der Waals surface area contributed by atoms with E-state index >= 15 is 0 Å². The third kappa shape index (κ3) is 3.27. The molecular weight excluding hydrogens is 377 g/mol. The predicted molar refractivity (Wildman–Crippen MR) is 105 cm³/mol. The van der Waals surface area contributed by atoms with Gasteiger partial charge in [-0.05, 0) is 42.8 Å². The summed E-state index contributed by atoms with van der Waals surface area (Å²) in [4.78, 5) is 27.8. The number of carbonyl (C=O) groups is 1. The molecule has 1 aliphatic rings. The van der Waals surface area contributed by atoms with Crippen LogP contribution in [0.2, 0.25) is 0 Å². The van der Waals surface area contributed by atoms with Gasteiger partial charge in [-0.15, -0.1) is 0 Å². The molecule has 150 valence electrons. The fourth-order valence-corrected chi connectivity index (χ4v) is 3.67. The highest BCUT2D eigenvalue weighted by Crippen LogP contribution is 2.38. The Morgan fingerprint density at radius 2 is 1.90 bits per heavy atom. The number of hydrogen-bond acceptors (Lipinski definition) is 5. The summed E-state index contributed by atoms with van der Waals surface area (Å²) in [5, 5.41) is 0.112. The molecule has 0 saturated carbocycles. The highest BCUT2D eigenvalue weighted by atomic mass is 19.1. The van der Waals surface area contributed by atoms with Gasteiger partial charge < -0.3 is 18.8 Å². The molecule has 0 bridgehead atoms. The number of fused-ring (bicyclic) bond motifs is 2. The van der Waals surface area contributed by atoms with Crippen LogP contribution in [-0.2, 0) is 4.74 Å². The summed E-state index contributed by atoms with van der Waals surface area (Å²) >= 11 is 0. The van der Waals surface area contributed by atoms with E-state index in [-0.39, 0.29) is 34.7 Å². The van der Waals surface area contributed by atoms with Gasteiger partial charge in [0.25, 0.3) is 5.91 Å². The van der Waals surface area contributed by atoms with Gasteiger partial charge in [0.15, 0.2) is 5.43 Å². The Morgan fingerprint density at radius 3 is 2.59 bits per heavy atom. The van der Waals surface area contributed by atoms with Crippen molar-refractivity contribution >= 4 is 16.9 Å². The lowest BCUT2D eigenvalue weighted by Gasteiger charge is -2.25. The van der Waals surface area contributed by atoms with Crippen molar-refractivity contribution in [3.05, 3.63) is 75.4 Å². The van der Waals surface area contributed by atoms with E-state index in [9.17, 15) is 14.0 Å². The van der Waals surface area contributed by atoms with Crippen molar-refractivity contribution in [1.82, 2.24) is 4.90 Å². The normalized spacial score (nSPS) is 15.8. The van der Waals surface area contributed by atoms with Crippen molar-refractivity contribution in [2.45, 2.75) is 13.0 Å². The van der Waals surface area contributed by atoms with E-state index in [2.05, 4.69) is 0 Å². The third-order valence-electron chi connectivity index (χ3n) is 4.97. The maximum Gasteiger partial charge on any atom is 0.290 e. The molecule has 6 nitrogen and oxygen atoms in total. The van der Waals surface area contributed by atoms with Gasteiger partial charge in [0.2, 0.25) is 5.76 Å². The van der Waals surface area contributed by atoms with Gasteiger partial charge in [0, 0.05) is 13.7 Å². The molecule has 2 aromatic carbocycles. The predicted octanol–water partition coefficient (Wildman–Crippen LogP) is 3.52. The van der Waals surface area contributed by atoms with E-state index < -0.39 is 17.3 Å². The first-order valence-electron chi connectivity index (χ1n) is 9.34. The van der Waals surface area contributed by atoms with Crippen LogP contribution in [-0.4, -0.2) is 37.7 Å². The second-order valence-electron chi connectivity index (χ2n) is 6.71. The van der Waals surface area contributed by atoms with Crippen LogP contribution in [0, 0.1) is 5.82 Å². The largest absolute Gasteiger partial charge is 0.494 e. The van der Waals surface area contributed by atoms with Gasteiger partial charge in [0.1, 0.15) is 17.1 Å². The van der Waals surface area contributed by atoms with Gasteiger partial charge >= 0.3 is 0 Å². The van der Waals surface area contributed by atoms with Crippen molar-refractivity contribution in [2.75, 3.05) is 26.9 Å². The summed E-state index contributed by atoms with van der Waals surface area (Å²) in [5.41, 5.74) is 0.725. The van der Waals surface area contributed by atoms with Crippen LogP contribution in [0.4, 0.5) is 4.39 Å². The Kier molecular flexibility index (Phi) is 5.07. The number of benzene rings is 2. The standard InChI is InChI=1S/C22H20FNO5/c1-3-28-15-7-4-13(5-8-15)19-18-20(25)16-12-14(23)6-9-17(16)29-21(18)22(26)24(19)10-11-27-2/h4-9,12,19H,3,10-11H2,1-2H3/t19-/m0/s1. The number of ether oxygens (including phenoxy) is 2. The fourth-order valence-electron chi connectivity index (χ4n) is 3.67. The highest BCUT2D eigenvalue weighted by molar-refractivity contribution is 5.99. The minimum Gasteiger partial charge on any atom is -0.494 e. The van der Waals surface area contributed by atoms with E-state index in [1.807, 2.05) is 19.1 Å². The average Bonchev–Trinajstić information content (AvgIpc) is 3.00. The molecule has 4 rings (SSSR count). The first-order valence-corrected chi connectivity index (χ1v) is 9.34. The van der Waals surface area contributed by atoms with E-state index in [1.165, 1.54) is 12.1 Å². The first-order chi connectivity index (χ1) is 14.0. The second-order valence-corrected chi connectivity index (χ2v) is 6.71. The van der Waals surface area contributed by atoms with Crippen molar-refractivity contribution < 1.29 is 23.1 Å². The Bertz CT molecular complexity index is 1120. The van der Waals surface area contributed by atoms with Gasteiger partial charge in [-0.1, -0.05) is 12.1 Å². The molecule has 0 spiro atoms. The summed E-state index contributed by atoms with van der Waals surface area (Å²) in [6, 6.07) is 10.3. The monoisotopic (exact) mass is 397 g/mol. The summed E-state index contributed by atoms with van der Waals surface area (Å²) in [6.45, 7) is 3.00. The number of amides is 1. The smallest absolute Gasteiger partial charge is 0.290 e. The molecule has 7 heteroatoms. The van der Waals surface area contributed by atoms with E-state index in [4.69, 9.17) is 13.9 Å². The molecule has 29 heavy (non-hydrogen) atoms. The molecule has 0 N–H and O–H groups in total. The summed E-state index contributed by atoms with van der Waals surface area (Å²) in [7, 11) is 1.54. The van der Waals surface area contributed by atoms with Crippen molar-refractivity contribution in [2.24, 2.45) is 0 Å². The zero-order chi connectivity index (χ0) is 20.5. The van der Waals surface area contributed by atoms with Crippen LogP contribution in [0.25, 0.3) is 11.0 Å². The van der Waals surface area contributed by atoms with Crippen LogP contribution in [0.15, 0.2) is 51.7 Å². The average molecular weight is 397 g/mol. The van der Waals surface area contributed by atoms with Gasteiger partial charge in [-0.25, -0.2) is 4.39 Å². The van der Waals surface area contributed by atoms with Crippen LogP contribution in [0.1, 0.15) is 34.6 Å². The van der Waals surface area contributed by atoms with Crippen molar-refractivity contribution in [1.29, 1.82) is 0 Å². The highest BCUT2D eigenvalue weighted by Gasteiger charge is 2.42. The van der Waals surface area contributed by atoms with E-state index in [1.54, 1.807) is 24.1 Å². The zero-order valence-electron chi connectivity index (χ0n) is 16.1. The molecule has 0 aliphatic carbocycles. The number of halogens is 1. The Balaban J connectivity index is 1.90. The van der Waals surface area contributed by atoms with Crippen LogP contribution in [0.3, 0.4) is 0 Å². The third-order valence-corrected chi connectivity index (χ3v) is 4.97. The SMILES string of the molecule is CCOc1ccc([C@H]2c3c(oc4ccc(F)cc4c3=O)C(=O)N2CCOC)cc1. The van der Waals surface area contributed by atoms with Gasteiger partial charge in [-0.3, -0.25) is 9.59 Å². The van der Waals surface area contributed by atoms with Crippen LogP contribution < -0.4 is 10.2 Å². The topological polar surface area (TPSA) is 69.0 Å². The number of methoxy groups -OCH3 is 1. The summed E-state index contributed by atoms with van der Waals surface area (Å²) < 4.78 is 30.1. The molecular formula is C22H20FNO5. The number of nitrogens with zero attached hydrogens (tertiary/aromatic N) is 1. The van der Waals surface area contributed by atoms with E-state index in [0.717, 1.165) is 11.6 Å². The molecule has 0 saturated heterocycles. The van der Waals surface area contributed by atoms with Gasteiger partial charge in [0.05, 0.1) is 30.2 Å². The van der Waals surface area contributed by atoms with Crippen LogP contribution in [0.5, 0.6) is 5.75 Å². The molecule has 0 unspecified atom stereocenters. The van der Waals surface area contributed by atoms with Gasteiger partial charge in [-0.2, -0.15) is 0 Å². The van der Waals surface area contributed by atoms with Crippen molar-refractivity contribution in [3.63, 3.8) is 0 Å². The molecule has 0 radical (unpaired) electrons. The Morgan fingerprint density at radius 1 is 1.14 bits per heavy atom. The molecule has 0 fully saturated rings.